The van der Waals surface area contributed by atoms with Crippen LogP contribution in [0.5, 0.6) is 0 Å². The molecular weight excluding hydrogens is 288 g/mol. The van der Waals surface area contributed by atoms with Gasteiger partial charge in [0.25, 0.3) is 0 Å². The number of nitrogens with one attached hydrogen (secondary N) is 1. The summed E-state index contributed by atoms with van der Waals surface area (Å²) in [7, 11) is 0. The summed E-state index contributed by atoms with van der Waals surface area (Å²) in [5, 5.41) is 5.23. The van der Waals surface area contributed by atoms with Gasteiger partial charge in [-0.05, 0) is 46.0 Å². The van der Waals surface area contributed by atoms with E-state index in [-0.39, 0.29) is 6.04 Å². The van der Waals surface area contributed by atoms with E-state index in [1.807, 2.05) is 11.6 Å². The molecule has 0 aromatic carbocycles. The maximum atomic E-state index is 6.37. The van der Waals surface area contributed by atoms with Crippen LogP contribution in [0.25, 0.3) is 0 Å². The predicted molar refractivity (Wildman–Crippen MR) is 85.3 cm³/mol. The Morgan fingerprint density at radius 1 is 1.52 bits per heavy atom. The molecule has 120 valence electrons. The van der Waals surface area contributed by atoms with Crippen LogP contribution in [-0.4, -0.2) is 28.5 Å². The number of hydrogen-bond acceptors (Lipinski definition) is 4. The summed E-state index contributed by atoms with van der Waals surface area (Å²) in [4.78, 5) is 0. The molecule has 21 heavy (non-hydrogen) atoms. The topological polar surface area (TPSA) is 65.1 Å². The predicted octanol–water partition coefficient (Wildman–Crippen LogP) is 2.59. The smallest absolute Gasteiger partial charge is 0.0847 e. The van der Waals surface area contributed by atoms with Crippen LogP contribution in [0.15, 0.2) is 0 Å². The summed E-state index contributed by atoms with van der Waals surface area (Å²) in [5.74, 6) is 5.72. The molecule has 1 aliphatic heterocycles. The Morgan fingerprint density at radius 2 is 2.33 bits per heavy atom. The highest BCUT2D eigenvalue weighted by molar-refractivity contribution is 6.31. The molecule has 1 aliphatic rings. The fraction of sp³-hybridized carbons (Fsp3) is 0.800. The number of ether oxygens (including phenoxy) is 1. The molecule has 2 rings (SSSR count). The highest BCUT2D eigenvalue weighted by atomic mass is 35.5. The number of rotatable bonds is 7. The third-order valence-corrected chi connectivity index (χ3v) is 4.73. The van der Waals surface area contributed by atoms with Crippen molar-refractivity contribution in [3.8, 4) is 0 Å². The second kappa shape index (κ2) is 8.13. The van der Waals surface area contributed by atoms with E-state index in [1.54, 1.807) is 0 Å². The third kappa shape index (κ3) is 4.42. The van der Waals surface area contributed by atoms with Crippen LogP contribution in [0.1, 0.15) is 50.4 Å². The van der Waals surface area contributed by atoms with Gasteiger partial charge in [-0.3, -0.25) is 16.0 Å². The fourth-order valence-electron chi connectivity index (χ4n) is 2.96. The monoisotopic (exact) mass is 314 g/mol. The Balaban J connectivity index is 1.92. The quantitative estimate of drug-likeness (QED) is 0.600. The molecular formula is C15H27ClN4O. The maximum Gasteiger partial charge on any atom is 0.0847 e. The first-order valence-corrected chi connectivity index (χ1v) is 8.33. The van der Waals surface area contributed by atoms with Crippen molar-refractivity contribution in [1.82, 2.24) is 15.2 Å². The van der Waals surface area contributed by atoms with Gasteiger partial charge in [0.05, 0.1) is 22.5 Å². The van der Waals surface area contributed by atoms with Crippen molar-refractivity contribution < 1.29 is 4.74 Å². The molecule has 5 nitrogen and oxygen atoms in total. The molecule has 0 saturated carbocycles. The molecule has 0 spiro atoms. The summed E-state index contributed by atoms with van der Waals surface area (Å²) in [6.07, 6.45) is 6.87. The lowest BCUT2D eigenvalue weighted by Crippen LogP contribution is -2.38. The van der Waals surface area contributed by atoms with Crippen molar-refractivity contribution in [2.75, 3.05) is 6.61 Å². The first-order chi connectivity index (χ1) is 10.2. The summed E-state index contributed by atoms with van der Waals surface area (Å²) < 4.78 is 7.75. The number of hydrogen-bond donors (Lipinski definition) is 2. The standard InChI is InChI=1S/C15H27ClN4O/c1-3-20-14(15(16)11(2)19-20)10-12(18-17)7-8-13-6-4-5-9-21-13/h12-13,18H,3-10,17H2,1-2H3. The van der Waals surface area contributed by atoms with Crippen molar-refractivity contribution in [3.63, 3.8) is 0 Å². The molecule has 0 aliphatic carbocycles. The van der Waals surface area contributed by atoms with Crippen LogP contribution in [0, 0.1) is 6.92 Å². The van der Waals surface area contributed by atoms with Crippen LogP contribution in [-0.2, 0) is 17.7 Å². The SMILES string of the molecule is CCn1nc(C)c(Cl)c1CC(CCC1CCCCO1)NN. The first-order valence-electron chi connectivity index (χ1n) is 7.95. The number of aromatic nitrogens is 2. The zero-order valence-corrected chi connectivity index (χ0v) is 13.8. The van der Waals surface area contributed by atoms with Crippen LogP contribution in [0.4, 0.5) is 0 Å². The lowest BCUT2D eigenvalue weighted by Gasteiger charge is -2.24. The summed E-state index contributed by atoms with van der Waals surface area (Å²) in [6.45, 7) is 5.75. The van der Waals surface area contributed by atoms with Crippen LogP contribution in [0.2, 0.25) is 5.02 Å². The third-order valence-electron chi connectivity index (χ3n) is 4.24. The minimum atomic E-state index is 0.203. The summed E-state index contributed by atoms with van der Waals surface area (Å²) in [6, 6.07) is 0.203. The van der Waals surface area contributed by atoms with E-state index in [0.717, 1.165) is 48.8 Å². The van der Waals surface area contributed by atoms with E-state index in [2.05, 4.69) is 17.4 Å². The molecule has 0 radical (unpaired) electrons. The number of nitrogens with two attached hydrogens (primary N) is 1. The van der Waals surface area contributed by atoms with Crippen molar-refractivity contribution >= 4 is 11.6 Å². The molecule has 2 heterocycles. The van der Waals surface area contributed by atoms with Gasteiger partial charge in [0.1, 0.15) is 0 Å². The minimum absolute atomic E-state index is 0.203. The summed E-state index contributed by atoms with van der Waals surface area (Å²) in [5.41, 5.74) is 4.88. The molecule has 1 saturated heterocycles. The number of halogens is 1. The van der Waals surface area contributed by atoms with E-state index in [4.69, 9.17) is 22.2 Å². The second-order valence-corrected chi connectivity index (χ2v) is 6.17. The van der Waals surface area contributed by atoms with Gasteiger partial charge < -0.3 is 4.74 Å². The van der Waals surface area contributed by atoms with Crippen LogP contribution < -0.4 is 11.3 Å². The van der Waals surface area contributed by atoms with E-state index in [1.165, 1.54) is 19.3 Å². The highest BCUT2D eigenvalue weighted by Gasteiger charge is 2.20. The zero-order chi connectivity index (χ0) is 15.2. The number of nitrogens with zero attached hydrogens (tertiary/aromatic N) is 2. The Labute approximate surface area is 132 Å². The molecule has 0 amide bonds. The van der Waals surface area contributed by atoms with Crippen molar-refractivity contribution in [1.29, 1.82) is 0 Å². The normalized spacial score (nSPS) is 20.7. The van der Waals surface area contributed by atoms with E-state index >= 15 is 0 Å². The van der Waals surface area contributed by atoms with Gasteiger partial charge in [-0.1, -0.05) is 11.6 Å². The Bertz CT molecular complexity index is 443. The minimum Gasteiger partial charge on any atom is -0.378 e. The van der Waals surface area contributed by atoms with Gasteiger partial charge >= 0.3 is 0 Å². The van der Waals surface area contributed by atoms with Gasteiger partial charge in [0.2, 0.25) is 0 Å². The molecule has 2 unspecified atom stereocenters. The fourth-order valence-corrected chi connectivity index (χ4v) is 3.18. The average Bonchev–Trinajstić information content (AvgIpc) is 2.79. The van der Waals surface area contributed by atoms with Crippen molar-refractivity contribution in [3.05, 3.63) is 16.4 Å². The average molecular weight is 315 g/mol. The van der Waals surface area contributed by atoms with Crippen molar-refractivity contribution in [2.24, 2.45) is 5.84 Å². The summed E-state index contributed by atoms with van der Waals surface area (Å²) >= 11 is 6.37. The highest BCUT2D eigenvalue weighted by Crippen LogP contribution is 2.23. The van der Waals surface area contributed by atoms with Crippen molar-refractivity contribution in [2.45, 2.75) is 71.1 Å². The number of aryl methyl sites for hydroxylation is 2. The molecule has 1 aromatic rings. The molecule has 6 heteroatoms. The van der Waals surface area contributed by atoms with Crippen LogP contribution >= 0.6 is 11.6 Å². The Kier molecular flexibility index (Phi) is 6.48. The van der Waals surface area contributed by atoms with Gasteiger partial charge in [-0.15, -0.1) is 0 Å². The molecule has 1 fully saturated rings. The van der Waals surface area contributed by atoms with Crippen LogP contribution in [0.3, 0.4) is 0 Å². The molecule has 1 aromatic heterocycles. The maximum absolute atomic E-state index is 6.37. The van der Waals surface area contributed by atoms with Gasteiger partial charge in [-0.25, -0.2) is 0 Å². The lowest BCUT2D eigenvalue weighted by molar-refractivity contribution is 0.00855. The zero-order valence-electron chi connectivity index (χ0n) is 13.1. The van der Waals surface area contributed by atoms with Gasteiger partial charge in [0.15, 0.2) is 0 Å². The molecule has 0 bridgehead atoms. The molecule has 3 N–H and O–H groups in total. The van der Waals surface area contributed by atoms with Gasteiger partial charge in [-0.2, -0.15) is 5.10 Å². The van der Waals surface area contributed by atoms with E-state index in [0.29, 0.717) is 6.10 Å². The van der Waals surface area contributed by atoms with Gasteiger partial charge in [0, 0.05) is 25.6 Å². The number of hydrazine groups is 1. The Hall–Kier alpha value is -0.620. The lowest BCUT2D eigenvalue weighted by atomic mass is 9.99. The van der Waals surface area contributed by atoms with E-state index in [9.17, 15) is 0 Å². The largest absolute Gasteiger partial charge is 0.378 e. The van der Waals surface area contributed by atoms with E-state index < -0.39 is 0 Å². The second-order valence-electron chi connectivity index (χ2n) is 5.80. The first kappa shape index (κ1) is 16.7. The Morgan fingerprint density at radius 3 is 2.95 bits per heavy atom. The molecule has 2 atom stereocenters.